The van der Waals surface area contributed by atoms with Crippen molar-refractivity contribution in [1.29, 1.82) is 0 Å². The molecule has 0 aromatic heterocycles. The maximum Gasteiger partial charge on any atom is 0.309 e. The van der Waals surface area contributed by atoms with E-state index in [0.29, 0.717) is 48.3 Å². The number of rotatable bonds is 9. The molecule has 1 N–H and O–H groups in total. The zero-order valence-corrected chi connectivity index (χ0v) is 24.4. The minimum Gasteiger partial charge on any atom is -0.481 e. The van der Waals surface area contributed by atoms with Crippen LogP contribution in [0.3, 0.4) is 0 Å². The zero-order chi connectivity index (χ0) is 27.7. The number of amides is 1. The van der Waals surface area contributed by atoms with Gasteiger partial charge in [-0.25, -0.2) is 0 Å². The third-order valence-electron chi connectivity index (χ3n) is 8.85. The Morgan fingerprint density at radius 1 is 1.16 bits per heavy atom. The smallest absolute Gasteiger partial charge is 0.309 e. The molecular formula is C31H39Cl2NO4. The first-order valence-electron chi connectivity index (χ1n) is 13.7. The lowest BCUT2D eigenvalue weighted by atomic mass is 9.53. The van der Waals surface area contributed by atoms with E-state index in [1.807, 2.05) is 62.1 Å². The number of ether oxygens (including phenoxy) is 1. The molecule has 0 spiro atoms. The molecule has 206 valence electrons. The van der Waals surface area contributed by atoms with Crippen molar-refractivity contribution in [3.05, 3.63) is 68.7 Å². The normalized spacial score (nSPS) is 25.2. The number of carboxylic acid groups (broad SMARTS) is 1. The second kappa shape index (κ2) is 11.6. The van der Waals surface area contributed by atoms with Crippen LogP contribution in [0.15, 0.2) is 36.4 Å². The molecule has 1 amide bonds. The molecule has 2 aliphatic rings. The second-order valence-electron chi connectivity index (χ2n) is 11.7. The number of carboxylic acids is 1. The molecule has 0 bridgehead atoms. The maximum absolute atomic E-state index is 14.1. The molecule has 1 heterocycles. The Balaban J connectivity index is 1.63. The number of unbranched alkanes of at least 4 members (excludes halogenated alkanes) is 1. The molecule has 5 nitrogen and oxygen atoms in total. The van der Waals surface area contributed by atoms with Crippen molar-refractivity contribution < 1.29 is 19.4 Å². The molecule has 4 rings (SSSR count). The third-order valence-corrected chi connectivity index (χ3v) is 9.55. The highest BCUT2D eigenvalue weighted by Gasteiger charge is 2.57. The summed E-state index contributed by atoms with van der Waals surface area (Å²) in [6.45, 7) is 10.0. The predicted octanol–water partition coefficient (Wildman–Crippen LogP) is 7.72. The van der Waals surface area contributed by atoms with Crippen LogP contribution in [0.1, 0.15) is 92.8 Å². The summed E-state index contributed by atoms with van der Waals surface area (Å²) < 4.78 is 5.84. The average Bonchev–Trinajstić information content (AvgIpc) is 2.95. The van der Waals surface area contributed by atoms with E-state index in [1.54, 1.807) is 0 Å². The van der Waals surface area contributed by atoms with E-state index in [2.05, 4.69) is 6.92 Å². The minimum absolute atomic E-state index is 0.0470. The number of carbonyl (C=O) groups excluding carboxylic acids is 1. The van der Waals surface area contributed by atoms with Gasteiger partial charge >= 0.3 is 5.97 Å². The maximum atomic E-state index is 14.1. The first kappa shape index (κ1) is 28.9. The van der Waals surface area contributed by atoms with Gasteiger partial charge in [-0.1, -0.05) is 80.7 Å². The Kier molecular flexibility index (Phi) is 8.81. The van der Waals surface area contributed by atoms with Gasteiger partial charge in [0.2, 0.25) is 0 Å². The molecule has 2 aromatic rings. The number of nitrogens with zero attached hydrogens (tertiary/aromatic N) is 1. The highest BCUT2D eigenvalue weighted by molar-refractivity contribution is 6.38. The quantitative estimate of drug-likeness (QED) is 0.319. The van der Waals surface area contributed by atoms with Crippen LogP contribution in [0.25, 0.3) is 0 Å². The molecule has 1 saturated carbocycles. The van der Waals surface area contributed by atoms with Crippen LogP contribution in [0.4, 0.5) is 0 Å². The van der Waals surface area contributed by atoms with Gasteiger partial charge in [-0.15, -0.1) is 0 Å². The monoisotopic (exact) mass is 559 g/mol. The zero-order valence-electron chi connectivity index (χ0n) is 22.9. The molecule has 1 fully saturated rings. The molecule has 7 heteroatoms. The van der Waals surface area contributed by atoms with Crippen LogP contribution < -0.4 is 0 Å². The Morgan fingerprint density at radius 3 is 2.53 bits per heavy atom. The fourth-order valence-electron chi connectivity index (χ4n) is 6.60. The number of halogens is 2. The summed E-state index contributed by atoms with van der Waals surface area (Å²) in [6, 6.07) is 11.9. The molecule has 2 aromatic carbocycles. The summed E-state index contributed by atoms with van der Waals surface area (Å²) in [4.78, 5) is 28.6. The van der Waals surface area contributed by atoms with Gasteiger partial charge in [0.15, 0.2) is 0 Å². The second-order valence-corrected chi connectivity index (χ2v) is 12.5. The van der Waals surface area contributed by atoms with Crippen LogP contribution in [0, 0.1) is 11.3 Å². The van der Waals surface area contributed by atoms with Gasteiger partial charge in [-0.2, -0.15) is 0 Å². The molecule has 1 aliphatic heterocycles. The van der Waals surface area contributed by atoms with E-state index in [-0.39, 0.29) is 17.7 Å². The highest BCUT2D eigenvalue weighted by atomic mass is 35.5. The summed E-state index contributed by atoms with van der Waals surface area (Å²) in [7, 11) is 0. The van der Waals surface area contributed by atoms with Crippen LogP contribution in [-0.4, -0.2) is 41.6 Å². The van der Waals surface area contributed by atoms with Crippen molar-refractivity contribution in [3.63, 3.8) is 0 Å². The van der Waals surface area contributed by atoms with Crippen LogP contribution in [0.5, 0.6) is 0 Å². The topological polar surface area (TPSA) is 66.8 Å². The SMILES string of the molecule is CC(C)c1c(Cl)cc2c(c1Cl)C(=O)N(CCCCOCc1ccccc1)CC1[C@](C)(C(=O)O)CCC[C@]21C. The van der Waals surface area contributed by atoms with Gasteiger partial charge in [-0.3, -0.25) is 9.59 Å². The van der Waals surface area contributed by atoms with Crippen LogP contribution in [-0.2, 0) is 21.6 Å². The van der Waals surface area contributed by atoms with Gasteiger partial charge < -0.3 is 14.7 Å². The van der Waals surface area contributed by atoms with Gasteiger partial charge in [0, 0.05) is 30.6 Å². The van der Waals surface area contributed by atoms with E-state index < -0.39 is 16.8 Å². The van der Waals surface area contributed by atoms with E-state index in [9.17, 15) is 14.7 Å². The molecule has 1 unspecified atom stereocenters. The summed E-state index contributed by atoms with van der Waals surface area (Å²) in [5.41, 5.74) is 1.71. The summed E-state index contributed by atoms with van der Waals surface area (Å²) in [5.74, 6) is -1.16. The molecule has 1 aliphatic carbocycles. The van der Waals surface area contributed by atoms with E-state index >= 15 is 0 Å². The van der Waals surface area contributed by atoms with Gasteiger partial charge in [0.25, 0.3) is 5.91 Å². The number of hydrogen-bond donors (Lipinski definition) is 1. The van der Waals surface area contributed by atoms with E-state index in [4.69, 9.17) is 27.9 Å². The van der Waals surface area contributed by atoms with Crippen LogP contribution >= 0.6 is 23.2 Å². The molecule has 0 saturated heterocycles. The Hall–Kier alpha value is -2.08. The standard InChI is InChI=1S/C31H39Cl2NO4/c1-20(2)25-23(32)17-22-26(27(25)33)28(35)34(15-8-9-16-38-19-21-11-6-5-7-12-21)18-24-30(22,3)13-10-14-31(24,4)29(36)37/h5-7,11-12,17,20,24H,8-10,13-16,18-19H2,1-4H3,(H,36,37)/t24?,30-,31-/m1/s1. The Labute approximate surface area is 236 Å². The highest BCUT2D eigenvalue weighted by Crippen LogP contribution is 2.56. The van der Waals surface area contributed by atoms with Gasteiger partial charge in [-0.05, 0) is 66.7 Å². The lowest BCUT2D eigenvalue weighted by molar-refractivity contribution is -0.157. The number of hydrogen-bond acceptors (Lipinski definition) is 3. The molecule has 38 heavy (non-hydrogen) atoms. The first-order chi connectivity index (χ1) is 18.0. The minimum atomic E-state index is -0.957. The average molecular weight is 561 g/mol. The third kappa shape index (κ3) is 5.35. The number of benzene rings is 2. The lowest BCUT2D eigenvalue weighted by Crippen LogP contribution is -2.53. The fraction of sp³-hybridized carbons (Fsp3) is 0.548. The predicted molar refractivity (Wildman–Crippen MR) is 152 cm³/mol. The van der Waals surface area contributed by atoms with Crippen molar-refractivity contribution in [2.75, 3.05) is 19.7 Å². The van der Waals surface area contributed by atoms with Gasteiger partial charge in [0.1, 0.15) is 0 Å². The van der Waals surface area contributed by atoms with Crippen molar-refractivity contribution in [1.82, 2.24) is 4.90 Å². The van der Waals surface area contributed by atoms with E-state index in [1.165, 1.54) is 0 Å². The van der Waals surface area contributed by atoms with Crippen LogP contribution in [0.2, 0.25) is 10.0 Å². The van der Waals surface area contributed by atoms with Crippen molar-refractivity contribution in [2.45, 2.75) is 77.7 Å². The lowest BCUT2D eigenvalue weighted by Gasteiger charge is -2.50. The Morgan fingerprint density at radius 2 is 1.87 bits per heavy atom. The summed E-state index contributed by atoms with van der Waals surface area (Å²) in [6.07, 6.45) is 3.69. The fourth-order valence-corrected chi connectivity index (χ4v) is 7.58. The van der Waals surface area contributed by atoms with Gasteiger partial charge in [0.05, 0.1) is 22.6 Å². The number of fused-ring (bicyclic) bond motifs is 3. The Bertz CT molecular complexity index is 1180. The summed E-state index contributed by atoms with van der Waals surface area (Å²) >= 11 is 13.7. The molecular weight excluding hydrogens is 521 g/mol. The summed E-state index contributed by atoms with van der Waals surface area (Å²) in [5, 5.41) is 11.3. The van der Waals surface area contributed by atoms with Crippen molar-refractivity contribution in [3.8, 4) is 0 Å². The van der Waals surface area contributed by atoms with Crippen molar-refractivity contribution in [2.24, 2.45) is 11.3 Å². The molecule has 3 atom stereocenters. The largest absolute Gasteiger partial charge is 0.481 e. The molecule has 0 radical (unpaired) electrons. The van der Waals surface area contributed by atoms with Crippen molar-refractivity contribution >= 4 is 35.1 Å². The number of carbonyl (C=O) groups is 2. The van der Waals surface area contributed by atoms with E-state index in [0.717, 1.165) is 42.4 Å². The number of aliphatic carboxylic acids is 1. The first-order valence-corrected chi connectivity index (χ1v) is 14.4.